The van der Waals surface area contributed by atoms with Crippen molar-refractivity contribution < 1.29 is 9.53 Å². The first-order valence-electron chi connectivity index (χ1n) is 4.98. The molecule has 1 N–H and O–H groups in total. The lowest BCUT2D eigenvalue weighted by atomic mass is 10.1. The number of H-pyrrole nitrogens is 1. The number of esters is 1. The highest BCUT2D eigenvalue weighted by molar-refractivity contribution is 5.98. The van der Waals surface area contributed by atoms with Gasteiger partial charge in [-0.05, 0) is 25.5 Å². The van der Waals surface area contributed by atoms with Crippen LogP contribution >= 0.6 is 12.4 Å². The van der Waals surface area contributed by atoms with Crippen LogP contribution in [0.25, 0.3) is 10.9 Å². The molecule has 0 unspecified atom stereocenters. The maximum Gasteiger partial charge on any atom is 0.355 e. The highest BCUT2D eigenvalue weighted by Gasteiger charge is 2.14. The van der Waals surface area contributed by atoms with Crippen molar-refractivity contribution in [2.75, 3.05) is 6.61 Å². The van der Waals surface area contributed by atoms with Crippen molar-refractivity contribution in [3.63, 3.8) is 0 Å². The third-order valence-electron chi connectivity index (χ3n) is 2.45. The van der Waals surface area contributed by atoms with Crippen molar-refractivity contribution >= 4 is 29.3 Å². The van der Waals surface area contributed by atoms with E-state index in [2.05, 4.69) is 4.98 Å². The van der Waals surface area contributed by atoms with E-state index in [0.29, 0.717) is 12.3 Å². The Labute approximate surface area is 100 Å². The molecule has 0 fully saturated rings. The monoisotopic (exact) mass is 239 g/mol. The second kappa shape index (κ2) is 5.03. The standard InChI is InChI=1S/C12H13NO2.ClH/c1-3-15-12(14)11-8(2)9-6-4-5-7-10(9)13-11;/h4-7,13H,3H2,1-2H3;1H. The van der Waals surface area contributed by atoms with E-state index in [1.54, 1.807) is 6.92 Å². The number of halogens is 1. The van der Waals surface area contributed by atoms with E-state index in [9.17, 15) is 4.79 Å². The van der Waals surface area contributed by atoms with Gasteiger partial charge >= 0.3 is 5.97 Å². The number of carbonyl (C=O) groups excluding carboxylic acids is 1. The molecule has 0 saturated heterocycles. The number of benzene rings is 1. The van der Waals surface area contributed by atoms with Gasteiger partial charge in [0, 0.05) is 10.9 Å². The minimum absolute atomic E-state index is 0. The average Bonchev–Trinajstić information content (AvgIpc) is 2.57. The highest BCUT2D eigenvalue weighted by Crippen LogP contribution is 2.21. The quantitative estimate of drug-likeness (QED) is 0.819. The summed E-state index contributed by atoms with van der Waals surface area (Å²) in [6, 6.07) is 7.83. The van der Waals surface area contributed by atoms with E-state index in [0.717, 1.165) is 16.5 Å². The maximum absolute atomic E-state index is 11.6. The molecule has 0 aliphatic carbocycles. The van der Waals surface area contributed by atoms with E-state index in [-0.39, 0.29) is 18.4 Å². The van der Waals surface area contributed by atoms with E-state index in [1.165, 1.54) is 0 Å². The summed E-state index contributed by atoms with van der Waals surface area (Å²) < 4.78 is 4.97. The molecule has 0 aliphatic heterocycles. The molecule has 2 aromatic rings. The van der Waals surface area contributed by atoms with Gasteiger partial charge in [-0.25, -0.2) is 4.79 Å². The Morgan fingerprint density at radius 2 is 2.06 bits per heavy atom. The minimum Gasteiger partial charge on any atom is -0.461 e. The lowest BCUT2D eigenvalue weighted by Gasteiger charge is -1.99. The number of para-hydroxylation sites is 1. The fourth-order valence-electron chi connectivity index (χ4n) is 1.69. The van der Waals surface area contributed by atoms with Crippen LogP contribution in [0, 0.1) is 6.92 Å². The minimum atomic E-state index is -0.286. The Kier molecular flexibility index (Phi) is 3.96. The first kappa shape index (κ1) is 12.6. The number of ether oxygens (including phenoxy) is 1. The molecule has 0 aliphatic rings. The topological polar surface area (TPSA) is 42.1 Å². The fourth-order valence-corrected chi connectivity index (χ4v) is 1.69. The lowest BCUT2D eigenvalue weighted by molar-refractivity contribution is 0.0520. The Morgan fingerprint density at radius 3 is 2.69 bits per heavy atom. The van der Waals surface area contributed by atoms with Crippen LogP contribution in [-0.2, 0) is 4.74 Å². The van der Waals surface area contributed by atoms with Gasteiger partial charge in [-0.15, -0.1) is 12.4 Å². The van der Waals surface area contributed by atoms with Gasteiger partial charge in [0.1, 0.15) is 5.69 Å². The molecule has 0 radical (unpaired) electrons. The van der Waals surface area contributed by atoms with Gasteiger partial charge < -0.3 is 9.72 Å². The number of aromatic nitrogens is 1. The predicted octanol–water partition coefficient (Wildman–Crippen LogP) is 3.07. The molecule has 4 heteroatoms. The predicted molar refractivity (Wildman–Crippen MR) is 66.2 cm³/mol. The SMILES string of the molecule is CCOC(=O)c1[nH]c2ccccc2c1C.Cl. The molecular weight excluding hydrogens is 226 g/mol. The molecular formula is C12H14ClNO2. The van der Waals surface area contributed by atoms with Gasteiger partial charge in [0.05, 0.1) is 6.61 Å². The van der Waals surface area contributed by atoms with E-state index in [1.807, 2.05) is 31.2 Å². The molecule has 0 atom stereocenters. The van der Waals surface area contributed by atoms with Gasteiger partial charge in [0.25, 0.3) is 0 Å². The van der Waals surface area contributed by atoms with Crippen LogP contribution in [0.15, 0.2) is 24.3 Å². The van der Waals surface area contributed by atoms with Crippen LogP contribution in [0.2, 0.25) is 0 Å². The van der Waals surface area contributed by atoms with Crippen LogP contribution < -0.4 is 0 Å². The van der Waals surface area contributed by atoms with Crippen LogP contribution in [0.5, 0.6) is 0 Å². The van der Waals surface area contributed by atoms with Crippen molar-refractivity contribution in [2.24, 2.45) is 0 Å². The molecule has 0 amide bonds. The summed E-state index contributed by atoms with van der Waals surface area (Å²) in [5.74, 6) is -0.286. The summed E-state index contributed by atoms with van der Waals surface area (Å²) in [5.41, 5.74) is 2.47. The molecule has 0 saturated carbocycles. The number of aromatic amines is 1. The molecule has 1 heterocycles. The molecule has 2 rings (SSSR count). The van der Waals surface area contributed by atoms with E-state index >= 15 is 0 Å². The Bertz CT molecular complexity index is 505. The number of fused-ring (bicyclic) bond motifs is 1. The second-order valence-electron chi connectivity index (χ2n) is 3.39. The second-order valence-corrected chi connectivity index (χ2v) is 3.39. The van der Waals surface area contributed by atoms with Crippen molar-refractivity contribution in [1.29, 1.82) is 0 Å². The molecule has 1 aromatic carbocycles. The smallest absolute Gasteiger partial charge is 0.355 e. The average molecular weight is 240 g/mol. The van der Waals surface area contributed by atoms with Crippen molar-refractivity contribution in [3.8, 4) is 0 Å². The number of aryl methyl sites for hydroxylation is 1. The summed E-state index contributed by atoms with van der Waals surface area (Å²) in [6.07, 6.45) is 0. The summed E-state index contributed by atoms with van der Waals surface area (Å²) in [5, 5.41) is 1.07. The summed E-state index contributed by atoms with van der Waals surface area (Å²) >= 11 is 0. The molecule has 0 bridgehead atoms. The highest BCUT2D eigenvalue weighted by atomic mass is 35.5. The van der Waals surface area contributed by atoms with Gasteiger partial charge in [0.15, 0.2) is 0 Å². The Hall–Kier alpha value is -1.48. The first-order chi connectivity index (χ1) is 7.24. The van der Waals surface area contributed by atoms with Gasteiger partial charge in [-0.3, -0.25) is 0 Å². The molecule has 16 heavy (non-hydrogen) atoms. The van der Waals surface area contributed by atoms with Crippen molar-refractivity contribution in [1.82, 2.24) is 4.98 Å². The normalized spacial score (nSPS) is 9.88. The summed E-state index contributed by atoms with van der Waals surface area (Å²) in [4.78, 5) is 14.7. The largest absolute Gasteiger partial charge is 0.461 e. The van der Waals surface area contributed by atoms with E-state index < -0.39 is 0 Å². The molecule has 3 nitrogen and oxygen atoms in total. The lowest BCUT2D eigenvalue weighted by Crippen LogP contribution is -2.06. The van der Waals surface area contributed by atoms with Gasteiger partial charge in [0.2, 0.25) is 0 Å². The molecule has 1 aromatic heterocycles. The number of hydrogen-bond donors (Lipinski definition) is 1. The first-order valence-corrected chi connectivity index (χ1v) is 4.98. The maximum atomic E-state index is 11.6. The van der Waals surface area contributed by atoms with Gasteiger partial charge in [-0.2, -0.15) is 0 Å². The zero-order valence-corrected chi connectivity index (χ0v) is 10.1. The zero-order valence-electron chi connectivity index (χ0n) is 9.24. The van der Waals surface area contributed by atoms with Gasteiger partial charge in [-0.1, -0.05) is 18.2 Å². The Balaban J connectivity index is 0.00000128. The van der Waals surface area contributed by atoms with Crippen LogP contribution in [-0.4, -0.2) is 17.6 Å². The Morgan fingerprint density at radius 1 is 1.38 bits per heavy atom. The number of rotatable bonds is 2. The zero-order chi connectivity index (χ0) is 10.8. The number of carbonyl (C=O) groups is 1. The third-order valence-corrected chi connectivity index (χ3v) is 2.45. The summed E-state index contributed by atoms with van der Waals surface area (Å²) in [6.45, 7) is 4.12. The van der Waals surface area contributed by atoms with Crippen LogP contribution in [0.4, 0.5) is 0 Å². The van der Waals surface area contributed by atoms with E-state index in [4.69, 9.17) is 4.74 Å². The van der Waals surface area contributed by atoms with Crippen molar-refractivity contribution in [2.45, 2.75) is 13.8 Å². The van der Waals surface area contributed by atoms with Crippen LogP contribution in [0.3, 0.4) is 0 Å². The number of nitrogens with one attached hydrogen (secondary N) is 1. The van der Waals surface area contributed by atoms with Crippen LogP contribution in [0.1, 0.15) is 23.0 Å². The van der Waals surface area contributed by atoms with Crippen molar-refractivity contribution in [3.05, 3.63) is 35.5 Å². The molecule has 0 spiro atoms. The third kappa shape index (κ3) is 2.04. The molecule has 86 valence electrons. The number of hydrogen-bond acceptors (Lipinski definition) is 2. The fraction of sp³-hybridized carbons (Fsp3) is 0.250. The summed E-state index contributed by atoms with van der Waals surface area (Å²) in [7, 11) is 0.